The van der Waals surface area contributed by atoms with Gasteiger partial charge in [-0.05, 0) is 63.4 Å². The summed E-state index contributed by atoms with van der Waals surface area (Å²) in [4.78, 5) is 38.8. The Hall–Kier alpha value is -2.82. The van der Waals surface area contributed by atoms with Crippen LogP contribution in [0, 0.1) is 0 Å². The number of carbonyl (C=O) groups is 3. The van der Waals surface area contributed by atoms with Crippen LogP contribution in [0.15, 0.2) is 24.3 Å². The van der Waals surface area contributed by atoms with Crippen molar-refractivity contribution in [1.82, 2.24) is 10.2 Å². The van der Waals surface area contributed by atoms with Crippen molar-refractivity contribution >= 4 is 57.8 Å². The molecule has 0 saturated carbocycles. The Bertz CT molecular complexity index is 1020. The van der Waals surface area contributed by atoms with Crippen molar-refractivity contribution in [3.05, 3.63) is 39.7 Å². The Labute approximate surface area is 208 Å². The van der Waals surface area contributed by atoms with E-state index in [1.807, 2.05) is 20.8 Å². The number of alkyl carbamates (subject to hydrolysis) is 1. The number of hydrogen-bond donors (Lipinski definition) is 4. The summed E-state index contributed by atoms with van der Waals surface area (Å²) in [5.41, 5.74) is 1.78. The lowest BCUT2D eigenvalue weighted by Gasteiger charge is -2.27. The summed E-state index contributed by atoms with van der Waals surface area (Å²) in [6.45, 7) is 8.35. The van der Waals surface area contributed by atoms with Gasteiger partial charge in [-0.1, -0.05) is 11.6 Å². The smallest absolute Gasteiger partial charge is 0.407 e. The number of benzene rings is 1. The molecule has 3 rings (SSSR count). The predicted molar refractivity (Wildman–Crippen MR) is 136 cm³/mol. The third-order valence-corrected chi connectivity index (χ3v) is 6.37. The molecule has 1 aliphatic heterocycles. The van der Waals surface area contributed by atoms with Gasteiger partial charge in [0.05, 0.1) is 5.69 Å². The Kier molecular flexibility index (Phi) is 8.76. The molecule has 0 bridgehead atoms. The van der Waals surface area contributed by atoms with Crippen LogP contribution in [0.4, 0.5) is 26.0 Å². The number of urea groups is 1. The SMILES string of the molecule is CC(C)(C)OC(=O)NCCCN1CCc2c(sc(NC(=O)Nc3ccc(Cl)cc3)c2NC=O)C1. The number of carbonyl (C=O) groups excluding carboxylic acids is 3. The molecule has 1 aromatic carbocycles. The van der Waals surface area contributed by atoms with Crippen LogP contribution in [0.2, 0.25) is 5.02 Å². The van der Waals surface area contributed by atoms with Crippen molar-refractivity contribution in [2.24, 2.45) is 0 Å². The number of thiophene rings is 1. The quantitative estimate of drug-likeness (QED) is 0.300. The minimum Gasteiger partial charge on any atom is -0.444 e. The lowest BCUT2D eigenvalue weighted by Crippen LogP contribution is -2.35. The molecular formula is C23H30ClN5O4S. The fourth-order valence-electron chi connectivity index (χ4n) is 3.55. The van der Waals surface area contributed by atoms with E-state index in [4.69, 9.17) is 16.3 Å². The lowest BCUT2D eigenvalue weighted by atomic mass is 10.1. The zero-order valence-corrected chi connectivity index (χ0v) is 21.1. The fraction of sp³-hybridized carbons (Fsp3) is 0.435. The maximum atomic E-state index is 12.5. The number of ether oxygens (including phenoxy) is 1. The first-order valence-electron chi connectivity index (χ1n) is 11.0. The Morgan fingerprint density at radius 2 is 1.94 bits per heavy atom. The standard InChI is InChI=1S/C23H30ClN5O4S/c1-23(2,3)33-22(32)25-10-4-11-29-12-9-17-18(13-29)34-20(19(17)26-14-30)28-21(31)27-16-7-5-15(24)6-8-16/h5-8,14H,4,9-13H2,1-3H3,(H,25,32)(H,26,30)(H2,27,28,31). The summed E-state index contributed by atoms with van der Waals surface area (Å²) in [6.07, 6.45) is 1.75. The lowest BCUT2D eigenvalue weighted by molar-refractivity contribution is -0.105. The van der Waals surface area contributed by atoms with Gasteiger partial charge in [0, 0.05) is 41.8 Å². The zero-order chi connectivity index (χ0) is 24.7. The molecule has 0 radical (unpaired) electrons. The van der Waals surface area contributed by atoms with Gasteiger partial charge in [-0.25, -0.2) is 9.59 Å². The summed E-state index contributed by atoms with van der Waals surface area (Å²) >= 11 is 7.34. The molecular weight excluding hydrogens is 478 g/mol. The summed E-state index contributed by atoms with van der Waals surface area (Å²) in [6, 6.07) is 6.40. The molecule has 11 heteroatoms. The number of amides is 4. The molecule has 0 spiro atoms. The molecule has 184 valence electrons. The van der Waals surface area contributed by atoms with Crippen molar-refractivity contribution in [2.45, 2.75) is 45.8 Å². The largest absolute Gasteiger partial charge is 0.444 e. The van der Waals surface area contributed by atoms with E-state index in [0.717, 1.165) is 36.4 Å². The summed E-state index contributed by atoms with van der Waals surface area (Å²) in [7, 11) is 0. The van der Waals surface area contributed by atoms with E-state index in [9.17, 15) is 14.4 Å². The first-order valence-corrected chi connectivity index (χ1v) is 12.2. The van der Waals surface area contributed by atoms with Crippen LogP contribution >= 0.6 is 22.9 Å². The van der Waals surface area contributed by atoms with Gasteiger partial charge >= 0.3 is 12.1 Å². The van der Waals surface area contributed by atoms with Crippen molar-refractivity contribution < 1.29 is 19.1 Å². The second-order valence-corrected chi connectivity index (χ2v) is 10.4. The maximum Gasteiger partial charge on any atom is 0.407 e. The van der Waals surface area contributed by atoms with Crippen LogP contribution in [-0.4, -0.2) is 48.7 Å². The topological polar surface area (TPSA) is 112 Å². The third-order valence-electron chi connectivity index (χ3n) is 4.99. The highest BCUT2D eigenvalue weighted by Gasteiger charge is 2.25. The van der Waals surface area contributed by atoms with Crippen LogP contribution in [-0.2, 0) is 22.5 Å². The first kappa shape index (κ1) is 25.8. The maximum absolute atomic E-state index is 12.5. The predicted octanol–water partition coefficient (Wildman–Crippen LogP) is 4.89. The number of hydrogen-bond acceptors (Lipinski definition) is 6. The van der Waals surface area contributed by atoms with Crippen molar-refractivity contribution in [3.63, 3.8) is 0 Å². The van der Waals surface area contributed by atoms with Gasteiger partial charge in [-0.3, -0.25) is 15.0 Å². The van der Waals surface area contributed by atoms with Crippen LogP contribution in [0.1, 0.15) is 37.6 Å². The van der Waals surface area contributed by atoms with E-state index in [-0.39, 0.29) is 0 Å². The number of rotatable bonds is 8. The van der Waals surface area contributed by atoms with E-state index in [1.54, 1.807) is 24.3 Å². The van der Waals surface area contributed by atoms with Crippen LogP contribution in [0.25, 0.3) is 0 Å². The van der Waals surface area contributed by atoms with Gasteiger partial charge in [0.25, 0.3) is 0 Å². The van der Waals surface area contributed by atoms with E-state index >= 15 is 0 Å². The minimum atomic E-state index is -0.517. The highest BCUT2D eigenvalue weighted by molar-refractivity contribution is 7.17. The molecule has 2 heterocycles. The summed E-state index contributed by atoms with van der Waals surface area (Å²) in [5.74, 6) is 0. The van der Waals surface area contributed by atoms with Crippen LogP contribution in [0.5, 0.6) is 0 Å². The normalized spacial score (nSPS) is 13.5. The Morgan fingerprint density at radius 3 is 2.62 bits per heavy atom. The molecule has 1 aliphatic rings. The van der Waals surface area contributed by atoms with Crippen molar-refractivity contribution in [3.8, 4) is 0 Å². The van der Waals surface area contributed by atoms with Gasteiger partial charge in [0.2, 0.25) is 6.41 Å². The molecule has 4 N–H and O–H groups in total. The number of halogens is 1. The van der Waals surface area contributed by atoms with Gasteiger partial charge in [-0.15, -0.1) is 11.3 Å². The molecule has 34 heavy (non-hydrogen) atoms. The average Bonchev–Trinajstić information content (AvgIpc) is 3.08. The van der Waals surface area contributed by atoms with Gasteiger partial charge < -0.3 is 20.7 Å². The molecule has 2 aromatic rings. The number of anilines is 3. The monoisotopic (exact) mass is 507 g/mol. The second kappa shape index (κ2) is 11.5. The molecule has 0 fully saturated rings. The Balaban J connectivity index is 1.55. The molecule has 0 aliphatic carbocycles. The van der Waals surface area contributed by atoms with Crippen LogP contribution < -0.4 is 21.3 Å². The van der Waals surface area contributed by atoms with Gasteiger partial charge in [-0.2, -0.15) is 0 Å². The summed E-state index contributed by atoms with van der Waals surface area (Å²) < 4.78 is 5.25. The first-order chi connectivity index (χ1) is 16.1. The van der Waals surface area contributed by atoms with E-state index in [1.165, 1.54) is 11.3 Å². The molecule has 0 unspecified atom stereocenters. The van der Waals surface area contributed by atoms with E-state index < -0.39 is 17.7 Å². The van der Waals surface area contributed by atoms with Gasteiger partial charge in [0.1, 0.15) is 10.6 Å². The second-order valence-electron chi connectivity index (χ2n) is 8.86. The molecule has 0 atom stereocenters. The molecule has 1 aromatic heterocycles. The highest BCUT2D eigenvalue weighted by atomic mass is 35.5. The highest BCUT2D eigenvalue weighted by Crippen LogP contribution is 2.41. The minimum absolute atomic E-state index is 0.403. The number of nitrogens with one attached hydrogen (secondary N) is 4. The summed E-state index contributed by atoms with van der Waals surface area (Å²) in [5, 5.41) is 12.3. The fourth-order valence-corrected chi connectivity index (χ4v) is 4.93. The number of fused-ring (bicyclic) bond motifs is 1. The zero-order valence-electron chi connectivity index (χ0n) is 19.5. The average molecular weight is 508 g/mol. The number of nitrogens with zero attached hydrogens (tertiary/aromatic N) is 1. The van der Waals surface area contributed by atoms with Crippen molar-refractivity contribution in [2.75, 3.05) is 35.6 Å². The van der Waals surface area contributed by atoms with E-state index in [0.29, 0.717) is 40.9 Å². The Morgan fingerprint density at radius 1 is 1.21 bits per heavy atom. The van der Waals surface area contributed by atoms with Crippen molar-refractivity contribution in [1.29, 1.82) is 0 Å². The molecule has 0 saturated heterocycles. The van der Waals surface area contributed by atoms with Gasteiger partial charge in [0.15, 0.2) is 0 Å². The molecule has 9 nitrogen and oxygen atoms in total. The molecule has 4 amide bonds. The van der Waals surface area contributed by atoms with Crippen LogP contribution in [0.3, 0.4) is 0 Å². The van der Waals surface area contributed by atoms with E-state index in [2.05, 4.69) is 26.2 Å². The third kappa shape index (κ3) is 7.61.